The van der Waals surface area contributed by atoms with Crippen molar-refractivity contribution in [3.8, 4) is 0 Å². The van der Waals surface area contributed by atoms with Crippen molar-refractivity contribution in [2.24, 2.45) is 7.05 Å². The van der Waals surface area contributed by atoms with Gasteiger partial charge in [-0.05, 0) is 13.8 Å². The first-order valence-electron chi connectivity index (χ1n) is 6.99. The summed E-state index contributed by atoms with van der Waals surface area (Å²) in [5, 5.41) is 0. The number of nitrogen functional groups attached to an aromatic ring is 1. The van der Waals surface area contributed by atoms with Crippen LogP contribution in [0.2, 0.25) is 0 Å². The zero-order chi connectivity index (χ0) is 15.4. The number of anilines is 3. The minimum atomic E-state index is 0.230. The average Bonchev–Trinajstić information content (AvgIpc) is 2.85. The summed E-state index contributed by atoms with van der Waals surface area (Å²) in [7, 11) is 3.87. The van der Waals surface area contributed by atoms with Gasteiger partial charge >= 0.3 is 0 Å². The molecule has 114 valence electrons. The molecule has 2 aromatic heterocycles. The van der Waals surface area contributed by atoms with Gasteiger partial charge in [-0.1, -0.05) is 0 Å². The molecule has 0 saturated carbocycles. The predicted molar refractivity (Wildman–Crippen MR) is 83.1 cm³/mol. The van der Waals surface area contributed by atoms with E-state index in [0.717, 1.165) is 18.9 Å². The first kappa shape index (κ1) is 15.0. The Balaban J connectivity index is 2.24. The van der Waals surface area contributed by atoms with E-state index in [1.165, 1.54) is 0 Å². The number of hydrogen-bond donors (Lipinski definition) is 1. The van der Waals surface area contributed by atoms with Crippen molar-refractivity contribution in [3.63, 3.8) is 0 Å². The molecule has 0 bridgehead atoms. The van der Waals surface area contributed by atoms with E-state index in [4.69, 9.17) is 5.73 Å². The summed E-state index contributed by atoms with van der Waals surface area (Å²) in [5.41, 5.74) is 5.81. The highest BCUT2D eigenvalue weighted by atomic mass is 15.3. The van der Waals surface area contributed by atoms with Gasteiger partial charge in [-0.2, -0.15) is 15.0 Å². The number of imidazole rings is 1. The molecule has 0 amide bonds. The molecule has 8 heteroatoms. The Hall–Kier alpha value is -2.38. The van der Waals surface area contributed by atoms with Crippen molar-refractivity contribution in [2.75, 3.05) is 35.7 Å². The second-order valence-electron chi connectivity index (χ2n) is 4.78. The van der Waals surface area contributed by atoms with E-state index in [0.29, 0.717) is 18.4 Å². The van der Waals surface area contributed by atoms with E-state index in [1.54, 1.807) is 6.20 Å². The van der Waals surface area contributed by atoms with E-state index >= 15 is 0 Å². The molecule has 2 rings (SSSR count). The van der Waals surface area contributed by atoms with Crippen molar-refractivity contribution in [3.05, 3.63) is 18.2 Å². The molecular formula is C13H22N8. The fourth-order valence-electron chi connectivity index (χ4n) is 2.02. The smallest absolute Gasteiger partial charge is 0.232 e. The van der Waals surface area contributed by atoms with Crippen LogP contribution >= 0.6 is 0 Å². The van der Waals surface area contributed by atoms with Crippen LogP contribution < -0.4 is 15.5 Å². The summed E-state index contributed by atoms with van der Waals surface area (Å²) in [4.78, 5) is 21.2. The van der Waals surface area contributed by atoms with Crippen LogP contribution in [0.1, 0.15) is 19.7 Å². The van der Waals surface area contributed by atoms with Crippen LogP contribution in [0.5, 0.6) is 0 Å². The van der Waals surface area contributed by atoms with E-state index in [2.05, 4.69) is 33.8 Å². The van der Waals surface area contributed by atoms with E-state index < -0.39 is 0 Å². The molecule has 0 aliphatic carbocycles. The van der Waals surface area contributed by atoms with Crippen LogP contribution in [-0.4, -0.2) is 44.6 Å². The fraction of sp³-hybridized carbons (Fsp3) is 0.538. The van der Waals surface area contributed by atoms with E-state index in [-0.39, 0.29) is 5.95 Å². The lowest BCUT2D eigenvalue weighted by atomic mass is 10.5. The minimum Gasteiger partial charge on any atom is -0.368 e. The summed E-state index contributed by atoms with van der Waals surface area (Å²) in [6.45, 7) is 6.36. The van der Waals surface area contributed by atoms with Gasteiger partial charge in [0.1, 0.15) is 5.82 Å². The Morgan fingerprint density at radius 1 is 1.14 bits per heavy atom. The Morgan fingerprint density at radius 3 is 2.38 bits per heavy atom. The maximum absolute atomic E-state index is 5.81. The van der Waals surface area contributed by atoms with Crippen LogP contribution in [0, 0.1) is 0 Å². The van der Waals surface area contributed by atoms with Crippen LogP contribution in [0.15, 0.2) is 12.4 Å². The topological polar surface area (TPSA) is 89.0 Å². The van der Waals surface area contributed by atoms with Gasteiger partial charge in [0.15, 0.2) is 0 Å². The van der Waals surface area contributed by atoms with Crippen LogP contribution in [0.4, 0.5) is 17.8 Å². The molecule has 0 unspecified atom stereocenters. The quantitative estimate of drug-likeness (QED) is 0.836. The molecule has 21 heavy (non-hydrogen) atoms. The molecule has 0 aromatic carbocycles. The predicted octanol–water partition coefficient (Wildman–Crippen LogP) is 0.670. The standard InChI is InChI=1S/C13H22N8/c1-5-21(6-2)13-17-11(14)16-12(18-13)20(4)9-10-15-7-8-19(10)3/h7-8H,5-6,9H2,1-4H3,(H2,14,16,17,18). The molecular weight excluding hydrogens is 268 g/mol. The summed E-state index contributed by atoms with van der Waals surface area (Å²) < 4.78 is 1.96. The van der Waals surface area contributed by atoms with Crippen molar-refractivity contribution in [2.45, 2.75) is 20.4 Å². The molecule has 0 fully saturated rings. The molecule has 2 aromatic rings. The van der Waals surface area contributed by atoms with E-state index in [1.807, 2.05) is 34.7 Å². The van der Waals surface area contributed by atoms with Gasteiger partial charge in [0.05, 0.1) is 6.54 Å². The summed E-state index contributed by atoms with van der Waals surface area (Å²) >= 11 is 0. The first-order valence-corrected chi connectivity index (χ1v) is 6.99. The minimum absolute atomic E-state index is 0.230. The Bertz CT molecular complexity index is 590. The summed E-state index contributed by atoms with van der Waals surface area (Å²) in [6.07, 6.45) is 3.68. The highest BCUT2D eigenvalue weighted by molar-refractivity contribution is 5.43. The first-order chi connectivity index (χ1) is 10.0. The van der Waals surface area contributed by atoms with Crippen molar-refractivity contribution < 1.29 is 0 Å². The van der Waals surface area contributed by atoms with Crippen molar-refractivity contribution >= 4 is 17.8 Å². The van der Waals surface area contributed by atoms with Crippen molar-refractivity contribution in [1.29, 1.82) is 0 Å². The molecule has 0 aliphatic rings. The lowest BCUT2D eigenvalue weighted by molar-refractivity contribution is 0.739. The molecule has 0 radical (unpaired) electrons. The molecule has 2 heterocycles. The molecule has 0 spiro atoms. The second-order valence-corrected chi connectivity index (χ2v) is 4.78. The molecule has 0 saturated heterocycles. The second kappa shape index (κ2) is 6.38. The van der Waals surface area contributed by atoms with E-state index in [9.17, 15) is 0 Å². The van der Waals surface area contributed by atoms with Crippen molar-refractivity contribution in [1.82, 2.24) is 24.5 Å². The zero-order valence-corrected chi connectivity index (χ0v) is 13.0. The lowest BCUT2D eigenvalue weighted by Gasteiger charge is -2.22. The van der Waals surface area contributed by atoms with Gasteiger partial charge in [0.2, 0.25) is 17.8 Å². The maximum atomic E-state index is 5.81. The van der Waals surface area contributed by atoms with Gasteiger partial charge in [0.25, 0.3) is 0 Å². The van der Waals surface area contributed by atoms with Crippen LogP contribution in [0.25, 0.3) is 0 Å². The monoisotopic (exact) mass is 290 g/mol. The third kappa shape index (κ3) is 3.39. The highest BCUT2D eigenvalue weighted by Crippen LogP contribution is 2.15. The van der Waals surface area contributed by atoms with Gasteiger partial charge in [-0.15, -0.1) is 0 Å². The summed E-state index contributed by atoms with van der Waals surface area (Å²) in [6, 6.07) is 0. The maximum Gasteiger partial charge on any atom is 0.232 e. The van der Waals surface area contributed by atoms with Crippen LogP contribution in [-0.2, 0) is 13.6 Å². The third-order valence-electron chi connectivity index (χ3n) is 3.32. The largest absolute Gasteiger partial charge is 0.368 e. The third-order valence-corrected chi connectivity index (χ3v) is 3.32. The number of nitrogens with zero attached hydrogens (tertiary/aromatic N) is 7. The number of rotatable bonds is 6. The van der Waals surface area contributed by atoms with Gasteiger partial charge in [0, 0.05) is 39.6 Å². The number of nitrogens with two attached hydrogens (primary N) is 1. The van der Waals surface area contributed by atoms with Gasteiger partial charge in [-0.3, -0.25) is 0 Å². The number of aryl methyl sites for hydroxylation is 1. The molecule has 8 nitrogen and oxygen atoms in total. The Morgan fingerprint density at radius 2 is 1.81 bits per heavy atom. The van der Waals surface area contributed by atoms with Gasteiger partial charge in [-0.25, -0.2) is 4.98 Å². The number of aromatic nitrogens is 5. The number of hydrogen-bond acceptors (Lipinski definition) is 7. The Labute approximate surface area is 124 Å². The molecule has 0 atom stereocenters. The molecule has 0 aliphatic heterocycles. The van der Waals surface area contributed by atoms with Gasteiger partial charge < -0.3 is 20.1 Å². The fourth-order valence-corrected chi connectivity index (χ4v) is 2.02. The Kier molecular flexibility index (Phi) is 4.56. The van der Waals surface area contributed by atoms with Crippen LogP contribution in [0.3, 0.4) is 0 Å². The SMILES string of the molecule is CCN(CC)c1nc(N)nc(N(C)Cc2nccn2C)n1. The highest BCUT2D eigenvalue weighted by Gasteiger charge is 2.14. The lowest BCUT2D eigenvalue weighted by Crippen LogP contribution is -2.27. The normalized spacial score (nSPS) is 10.7. The summed E-state index contributed by atoms with van der Waals surface area (Å²) in [5.74, 6) is 2.32. The average molecular weight is 290 g/mol. The zero-order valence-electron chi connectivity index (χ0n) is 13.0. The molecule has 2 N–H and O–H groups in total.